The number of hydrogen-bond donors (Lipinski definition) is 1. The molecule has 0 saturated carbocycles. The van der Waals surface area contributed by atoms with Crippen molar-refractivity contribution in [3.05, 3.63) is 42.0 Å². The lowest BCUT2D eigenvalue weighted by Crippen LogP contribution is -2.15. The number of benzene rings is 1. The van der Waals surface area contributed by atoms with Crippen molar-refractivity contribution in [2.75, 3.05) is 11.8 Å². The van der Waals surface area contributed by atoms with Gasteiger partial charge in [-0.15, -0.1) is 0 Å². The molecule has 0 radical (unpaired) electrons. The third kappa shape index (κ3) is 2.56. The molecule has 0 amide bonds. The van der Waals surface area contributed by atoms with Crippen molar-refractivity contribution in [1.29, 1.82) is 0 Å². The van der Waals surface area contributed by atoms with Crippen LogP contribution in [0.15, 0.2) is 35.5 Å². The van der Waals surface area contributed by atoms with Gasteiger partial charge in [0, 0.05) is 18.8 Å². The second-order valence-corrected chi connectivity index (χ2v) is 6.83. The Kier molecular flexibility index (Phi) is 3.88. The van der Waals surface area contributed by atoms with Crippen LogP contribution in [0.3, 0.4) is 0 Å². The number of rotatable bonds is 4. The normalized spacial score (nSPS) is 11.7. The van der Waals surface area contributed by atoms with Crippen LogP contribution in [-0.4, -0.2) is 30.3 Å². The van der Waals surface area contributed by atoms with Gasteiger partial charge in [0.05, 0.1) is 29.3 Å². The molecule has 0 unspecified atom stereocenters. The largest absolute Gasteiger partial charge is 0.494 e. The highest BCUT2D eigenvalue weighted by Gasteiger charge is 2.22. The average molecular weight is 350 g/mol. The van der Waals surface area contributed by atoms with Crippen molar-refractivity contribution in [2.45, 2.75) is 11.8 Å². The second kappa shape index (κ2) is 5.75. The summed E-state index contributed by atoms with van der Waals surface area (Å²) in [4.78, 5) is 3.99. The number of nitrogens with zero attached hydrogens (tertiary/aromatic N) is 3. The highest BCUT2D eigenvalue weighted by molar-refractivity contribution is 7.92. The van der Waals surface area contributed by atoms with Gasteiger partial charge in [-0.25, -0.2) is 17.8 Å². The fourth-order valence-electron chi connectivity index (χ4n) is 2.43. The van der Waals surface area contributed by atoms with Gasteiger partial charge in [-0.05, 0) is 25.1 Å². The van der Waals surface area contributed by atoms with Crippen molar-refractivity contribution in [2.24, 2.45) is 7.05 Å². The Bertz CT molecular complexity index is 1030. The summed E-state index contributed by atoms with van der Waals surface area (Å²) in [6, 6.07) is 4.11. The van der Waals surface area contributed by atoms with Crippen LogP contribution in [0.5, 0.6) is 5.75 Å². The van der Waals surface area contributed by atoms with E-state index in [1.165, 1.54) is 49.3 Å². The van der Waals surface area contributed by atoms with Crippen molar-refractivity contribution in [3.63, 3.8) is 0 Å². The Balaban J connectivity index is 2.07. The summed E-state index contributed by atoms with van der Waals surface area (Å²) in [5.41, 5.74) is 0.842. The molecule has 3 aromatic rings. The van der Waals surface area contributed by atoms with E-state index in [0.717, 1.165) is 0 Å². The first-order valence-electron chi connectivity index (χ1n) is 6.98. The molecule has 126 valence electrons. The summed E-state index contributed by atoms with van der Waals surface area (Å²) in [5.74, 6) is -0.716. The van der Waals surface area contributed by atoms with Gasteiger partial charge >= 0.3 is 0 Å². The van der Waals surface area contributed by atoms with Crippen molar-refractivity contribution in [3.8, 4) is 5.75 Å². The standard InChI is InChI=1S/C15H15FN4O3S/c1-9-13(5-4-12(23-3)14(9)16)24(21,22)19-11-6-7-17-15-10(11)8-18-20(15)2/h4-8H,1-3H3,(H,17,19). The summed E-state index contributed by atoms with van der Waals surface area (Å²) >= 11 is 0. The van der Waals surface area contributed by atoms with Gasteiger partial charge < -0.3 is 4.74 Å². The van der Waals surface area contributed by atoms with E-state index in [2.05, 4.69) is 14.8 Å². The highest BCUT2D eigenvalue weighted by Crippen LogP contribution is 2.29. The molecule has 2 aromatic heterocycles. The van der Waals surface area contributed by atoms with Crippen molar-refractivity contribution in [1.82, 2.24) is 14.8 Å². The molecule has 7 nitrogen and oxygen atoms in total. The van der Waals surface area contributed by atoms with Gasteiger partial charge in [-0.2, -0.15) is 5.10 Å². The number of nitrogens with one attached hydrogen (secondary N) is 1. The molecule has 2 heterocycles. The van der Waals surface area contributed by atoms with Crippen LogP contribution >= 0.6 is 0 Å². The Morgan fingerprint density at radius 2 is 2.04 bits per heavy atom. The fraction of sp³-hybridized carbons (Fsp3) is 0.200. The third-order valence-corrected chi connectivity index (χ3v) is 5.20. The average Bonchev–Trinajstić information content (AvgIpc) is 2.92. The quantitative estimate of drug-likeness (QED) is 0.780. The van der Waals surface area contributed by atoms with Gasteiger partial charge in [-0.3, -0.25) is 9.40 Å². The molecule has 0 saturated heterocycles. The maximum Gasteiger partial charge on any atom is 0.262 e. The van der Waals surface area contributed by atoms with Crippen LogP contribution in [0.4, 0.5) is 10.1 Å². The maximum atomic E-state index is 14.1. The third-order valence-electron chi connectivity index (χ3n) is 3.69. The van der Waals surface area contributed by atoms with Crippen LogP contribution in [0.2, 0.25) is 0 Å². The summed E-state index contributed by atoms with van der Waals surface area (Å²) < 4.78 is 48.3. The van der Waals surface area contributed by atoms with Gasteiger partial charge in [0.25, 0.3) is 10.0 Å². The van der Waals surface area contributed by atoms with E-state index in [4.69, 9.17) is 4.74 Å². The van der Waals surface area contributed by atoms with E-state index >= 15 is 0 Å². The number of hydrogen-bond acceptors (Lipinski definition) is 5. The molecular formula is C15H15FN4O3S. The molecule has 1 aromatic carbocycles. The smallest absolute Gasteiger partial charge is 0.262 e. The van der Waals surface area contributed by atoms with Crippen LogP contribution in [0.25, 0.3) is 11.0 Å². The number of pyridine rings is 1. The molecule has 0 bridgehead atoms. The molecule has 0 atom stereocenters. The van der Waals surface area contributed by atoms with E-state index in [0.29, 0.717) is 16.7 Å². The molecule has 9 heteroatoms. The predicted molar refractivity (Wildman–Crippen MR) is 87.0 cm³/mol. The minimum absolute atomic E-state index is 0.00925. The zero-order valence-electron chi connectivity index (χ0n) is 13.2. The molecule has 0 spiro atoms. The lowest BCUT2D eigenvalue weighted by Gasteiger charge is -2.13. The van der Waals surface area contributed by atoms with Crippen molar-refractivity contribution >= 4 is 26.7 Å². The number of sulfonamides is 1. The summed E-state index contributed by atoms with van der Waals surface area (Å²) in [6.07, 6.45) is 2.99. The summed E-state index contributed by atoms with van der Waals surface area (Å²) in [5, 5.41) is 4.61. The van der Waals surface area contributed by atoms with Crippen LogP contribution < -0.4 is 9.46 Å². The molecule has 3 rings (SSSR count). The first-order valence-corrected chi connectivity index (χ1v) is 8.46. The fourth-order valence-corrected chi connectivity index (χ4v) is 3.74. The Hall–Kier alpha value is -2.68. The topological polar surface area (TPSA) is 86.1 Å². The molecule has 0 aliphatic carbocycles. The van der Waals surface area contributed by atoms with E-state index in [9.17, 15) is 12.8 Å². The second-order valence-electron chi connectivity index (χ2n) is 5.17. The SMILES string of the molecule is COc1ccc(S(=O)(=O)Nc2ccnc3c2cnn3C)c(C)c1F. The Morgan fingerprint density at radius 1 is 1.29 bits per heavy atom. The number of anilines is 1. The van der Waals surface area contributed by atoms with Gasteiger partial charge in [0.15, 0.2) is 17.2 Å². The Labute approximate surface area is 138 Å². The molecular weight excluding hydrogens is 335 g/mol. The molecule has 1 N–H and O–H groups in total. The monoisotopic (exact) mass is 350 g/mol. The van der Waals surface area contributed by atoms with E-state index in [-0.39, 0.29) is 16.2 Å². The molecule has 0 fully saturated rings. The number of ether oxygens (including phenoxy) is 1. The molecule has 0 aliphatic rings. The summed E-state index contributed by atoms with van der Waals surface area (Å²) in [6.45, 7) is 1.39. The zero-order chi connectivity index (χ0) is 17.5. The predicted octanol–water partition coefficient (Wildman–Crippen LogP) is 2.23. The van der Waals surface area contributed by atoms with E-state index in [1.807, 2.05) is 0 Å². The minimum atomic E-state index is -3.98. The lowest BCUT2D eigenvalue weighted by molar-refractivity contribution is 0.384. The number of aromatic nitrogens is 3. The molecule has 0 aliphatic heterocycles. The lowest BCUT2D eigenvalue weighted by atomic mass is 10.2. The first-order chi connectivity index (χ1) is 11.3. The Morgan fingerprint density at radius 3 is 2.75 bits per heavy atom. The maximum absolute atomic E-state index is 14.1. The van der Waals surface area contributed by atoms with Gasteiger partial charge in [-0.1, -0.05) is 0 Å². The van der Waals surface area contributed by atoms with E-state index < -0.39 is 15.8 Å². The van der Waals surface area contributed by atoms with Crippen LogP contribution in [0.1, 0.15) is 5.56 Å². The number of halogens is 1. The highest BCUT2D eigenvalue weighted by atomic mass is 32.2. The minimum Gasteiger partial charge on any atom is -0.494 e. The first kappa shape index (κ1) is 16.2. The van der Waals surface area contributed by atoms with Gasteiger partial charge in [0.2, 0.25) is 0 Å². The number of aryl methyl sites for hydroxylation is 1. The number of fused-ring (bicyclic) bond motifs is 1. The molecule has 24 heavy (non-hydrogen) atoms. The number of methoxy groups -OCH3 is 1. The van der Waals surface area contributed by atoms with Crippen molar-refractivity contribution < 1.29 is 17.5 Å². The van der Waals surface area contributed by atoms with E-state index in [1.54, 1.807) is 7.05 Å². The van der Waals surface area contributed by atoms with Crippen LogP contribution in [-0.2, 0) is 17.1 Å². The van der Waals surface area contributed by atoms with Gasteiger partial charge in [0.1, 0.15) is 0 Å². The summed E-state index contributed by atoms with van der Waals surface area (Å²) in [7, 11) is -0.959. The van der Waals surface area contributed by atoms with Crippen LogP contribution in [0, 0.1) is 12.7 Å². The zero-order valence-corrected chi connectivity index (χ0v) is 14.1.